The zero-order valence-corrected chi connectivity index (χ0v) is 21.4. The summed E-state index contributed by atoms with van der Waals surface area (Å²) in [5, 5.41) is 0.247. The lowest BCUT2D eigenvalue weighted by Crippen LogP contribution is -2.40. The Morgan fingerprint density at radius 2 is 1.97 bits per heavy atom. The van der Waals surface area contributed by atoms with Crippen LogP contribution in [0.1, 0.15) is 51.6 Å². The van der Waals surface area contributed by atoms with E-state index in [1.807, 2.05) is 0 Å². The Hall–Kier alpha value is -2.03. The first-order valence-electron chi connectivity index (χ1n) is 10.7. The predicted octanol–water partition coefficient (Wildman–Crippen LogP) is 5.68. The van der Waals surface area contributed by atoms with Crippen molar-refractivity contribution in [2.75, 3.05) is 11.5 Å². The molecule has 32 heavy (non-hydrogen) atoms. The predicted molar refractivity (Wildman–Crippen MR) is 125 cm³/mol. The van der Waals surface area contributed by atoms with Gasteiger partial charge in [-0.05, 0) is 38.0 Å². The maximum Gasteiger partial charge on any atom is 0.243 e. The molecule has 0 N–H and O–H groups in total. The lowest BCUT2D eigenvalue weighted by Gasteiger charge is -2.35. The van der Waals surface area contributed by atoms with E-state index in [0.29, 0.717) is 35.9 Å². The van der Waals surface area contributed by atoms with Crippen LogP contribution in [0.25, 0.3) is 0 Å². The molecule has 0 aliphatic carbocycles. The summed E-state index contributed by atoms with van der Waals surface area (Å²) >= 11 is 6.57. The van der Waals surface area contributed by atoms with E-state index in [-0.39, 0.29) is 28.5 Å². The van der Waals surface area contributed by atoms with Crippen molar-refractivity contribution >= 4 is 37.3 Å². The normalized spacial score (nSPS) is 17.4. The molecule has 3 heterocycles. The maximum absolute atomic E-state index is 14.7. The number of hydrogen-bond acceptors (Lipinski definition) is 5. The minimum Gasteiger partial charge on any atom is -0.490 e. The number of carbonyl (C=O) groups is 1. The Balaban J connectivity index is 1.77. The number of halogens is 2. The Morgan fingerprint density at radius 3 is 2.62 bits per heavy atom. The lowest BCUT2D eigenvalue weighted by atomic mass is 9.88. The molecule has 0 spiro atoms. The Morgan fingerprint density at radius 1 is 1.28 bits per heavy atom. The molecule has 9 heteroatoms. The van der Waals surface area contributed by atoms with E-state index < -0.39 is 19.5 Å². The van der Waals surface area contributed by atoms with Gasteiger partial charge in [-0.2, -0.15) is 0 Å². The van der Waals surface area contributed by atoms with Crippen LogP contribution in [0, 0.1) is 5.82 Å². The van der Waals surface area contributed by atoms with Crippen molar-refractivity contribution in [2.24, 2.45) is 0 Å². The second-order valence-corrected chi connectivity index (χ2v) is 15.6. The van der Waals surface area contributed by atoms with Gasteiger partial charge in [0.1, 0.15) is 11.0 Å². The summed E-state index contributed by atoms with van der Waals surface area (Å²) in [6.07, 6.45) is 0.592. The molecule has 0 atom stereocenters. The number of benzene rings is 1. The third-order valence-electron chi connectivity index (χ3n) is 6.82. The van der Waals surface area contributed by atoms with Gasteiger partial charge in [0.25, 0.3) is 0 Å². The molecular formula is C23H29ClFN3O3Si. The zero-order chi connectivity index (χ0) is 23.6. The molecule has 1 amide bonds. The molecule has 1 aromatic heterocycles. The molecule has 0 unspecified atom stereocenters. The van der Waals surface area contributed by atoms with Gasteiger partial charge in [0, 0.05) is 23.6 Å². The van der Waals surface area contributed by atoms with Crippen molar-refractivity contribution < 1.29 is 18.3 Å². The fourth-order valence-electron chi connectivity index (χ4n) is 3.79. The van der Waals surface area contributed by atoms with Gasteiger partial charge in [-0.15, -0.1) is 0 Å². The van der Waals surface area contributed by atoms with E-state index >= 15 is 0 Å². The van der Waals surface area contributed by atoms with Gasteiger partial charge in [-0.25, -0.2) is 14.4 Å². The monoisotopic (exact) mass is 477 g/mol. The number of rotatable bonds is 4. The van der Waals surface area contributed by atoms with Crippen molar-refractivity contribution in [3.05, 3.63) is 40.1 Å². The molecule has 0 saturated heterocycles. The Kier molecular flexibility index (Phi) is 5.42. The molecule has 1 aromatic carbocycles. The van der Waals surface area contributed by atoms with Gasteiger partial charge in [0.05, 0.1) is 24.3 Å². The van der Waals surface area contributed by atoms with Crippen molar-refractivity contribution in [1.82, 2.24) is 9.97 Å². The maximum atomic E-state index is 14.7. The molecule has 0 radical (unpaired) electrons. The van der Waals surface area contributed by atoms with E-state index in [1.165, 1.54) is 11.0 Å². The topological polar surface area (TPSA) is 64.6 Å². The first kappa shape index (κ1) is 23.1. The Labute approximate surface area is 194 Å². The molecule has 4 rings (SSSR count). The van der Waals surface area contributed by atoms with Crippen LogP contribution < -0.4 is 9.64 Å². The molecule has 2 aliphatic heterocycles. The van der Waals surface area contributed by atoms with Crippen LogP contribution in [0.2, 0.25) is 23.3 Å². The number of aromatic nitrogens is 2. The highest BCUT2D eigenvalue weighted by molar-refractivity contribution is 6.74. The number of hydrogen-bond donors (Lipinski definition) is 0. The van der Waals surface area contributed by atoms with E-state index in [0.717, 1.165) is 5.56 Å². The SMILES string of the molecule is CC1(C)C(=O)N(c2cc(F)c3c(c2)CCO3)c2nc(CO[Si](C)(C)C(C)(C)C)nc(Cl)c21. The molecule has 0 saturated carbocycles. The summed E-state index contributed by atoms with van der Waals surface area (Å²) in [5.41, 5.74) is 0.740. The minimum atomic E-state index is -2.04. The second kappa shape index (κ2) is 7.50. The van der Waals surface area contributed by atoms with Crippen LogP contribution in [0.3, 0.4) is 0 Å². The molecule has 2 aliphatic rings. The number of carbonyl (C=O) groups excluding carboxylic acids is 1. The third kappa shape index (κ3) is 3.62. The molecule has 6 nitrogen and oxygen atoms in total. The van der Waals surface area contributed by atoms with Gasteiger partial charge in [-0.1, -0.05) is 32.4 Å². The summed E-state index contributed by atoms with van der Waals surface area (Å²) in [5.74, 6) is 0.315. The van der Waals surface area contributed by atoms with Crippen molar-refractivity contribution in [2.45, 2.75) is 71.2 Å². The summed E-state index contributed by atoms with van der Waals surface area (Å²) < 4.78 is 26.3. The number of nitrogens with zero attached hydrogens (tertiary/aromatic N) is 3. The Bertz CT molecular complexity index is 1110. The van der Waals surface area contributed by atoms with Crippen LogP contribution in [0.4, 0.5) is 15.9 Å². The van der Waals surface area contributed by atoms with E-state index in [1.54, 1.807) is 19.9 Å². The fraction of sp³-hybridized carbons (Fsp3) is 0.522. The minimum absolute atomic E-state index is 0.0293. The highest BCUT2D eigenvalue weighted by atomic mass is 35.5. The van der Waals surface area contributed by atoms with Gasteiger partial charge in [0.2, 0.25) is 5.91 Å². The van der Waals surface area contributed by atoms with E-state index in [4.69, 9.17) is 20.8 Å². The lowest BCUT2D eigenvalue weighted by molar-refractivity contribution is -0.121. The number of fused-ring (bicyclic) bond motifs is 2. The molecule has 0 fully saturated rings. The fourth-order valence-corrected chi connectivity index (χ4v) is 5.13. The van der Waals surface area contributed by atoms with Gasteiger partial charge in [0.15, 0.2) is 25.7 Å². The number of anilines is 2. The average Bonchev–Trinajstić information content (AvgIpc) is 3.21. The molecule has 2 aromatic rings. The van der Waals surface area contributed by atoms with Gasteiger partial charge < -0.3 is 9.16 Å². The van der Waals surface area contributed by atoms with Gasteiger partial charge in [-0.3, -0.25) is 9.69 Å². The number of ether oxygens (including phenoxy) is 1. The highest BCUT2D eigenvalue weighted by Gasteiger charge is 2.48. The third-order valence-corrected chi connectivity index (χ3v) is 11.6. The van der Waals surface area contributed by atoms with Crippen molar-refractivity contribution in [1.29, 1.82) is 0 Å². The summed E-state index contributed by atoms with van der Waals surface area (Å²) in [6.45, 7) is 14.9. The summed E-state index contributed by atoms with van der Waals surface area (Å²) in [4.78, 5) is 24.0. The average molecular weight is 478 g/mol. The van der Waals surface area contributed by atoms with Crippen LogP contribution in [-0.4, -0.2) is 30.8 Å². The first-order chi connectivity index (χ1) is 14.7. The zero-order valence-electron chi connectivity index (χ0n) is 19.6. The number of amides is 1. The molecular weight excluding hydrogens is 449 g/mol. The van der Waals surface area contributed by atoms with E-state index in [2.05, 4.69) is 43.8 Å². The van der Waals surface area contributed by atoms with Crippen molar-refractivity contribution in [3.63, 3.8) is 0 Å². The highest BCUT2D eigenvalue weighted by Crippen LogP contribution is 2.48. The van der Waals surface area contributed by atoms with Crippen LogP contribution in [0.15, 0.2) is 12.1 Å². The van der Waals surface area contributed by atoms with Crippen LogP contribution in [-0.2, 0) is 27.7 Å². The quantitative estimate of drug-likeness (QED) is 0.418. The summed E-state index contributed by atoms with van der Waals surface area (Å²) in [6, 6.07) is 3.10. The van der Waals surface area contributed by atoms with Gasteiger partial charge >= 0.3 is 0 Å². The van der Waals surface area contributed by atoms with E-state index in [9.17, 15) is 9.18 Å². The standard InChI is InChI=1S/C23H29ClFN3O3Si/c1-22(2,3)32(6,7)31-12-16-26-19(24)17-20(27-16)28(21(29)23(17,4)5)14-10-13-8-9-30-18(13)15(25)11-14/h10-11H,8-9,12H2,1-7H3. The molecule has 172 valence electrons. The van der Waals surface area contributed by atoms with Crippen LogP contribution >= 0.6 is 11.6 Å². The second-order valence-electron chi connectivity index (χ2n) is 10.5. The smallest absolute Gasteiger partial charge is 0.243 e. The van der Waals surface area contributed by atoms with Crippen LogP contribution in [0.5, 0.6) is 5.75 Å². The largest absolute Gasteiger partial charge is 0.490 e. The van der Waals surface area contributed by atoms with Crippen molar-refractivity contribution in [3.8, 4) is 5.75 Å². The first-order valence-corrected chi connectivity index (χ1v) is 14.0. The summed E-state index contributed by atoms with van der Waals surface area (Å²) in [7, 11) is -2.04. The molecule has 0 bridgehead atoms.